The van der Waals surface area contributed by atoms with E-state index in [4.69, 9.17) is 5.11 Å². The first-order valence-electron chi connectivity index (χ1n) is 9.72. The fourth-order valence-corrected chi connectivity index (χ4v) is 4.16. The van der Waals surface area contributed by atoms with E-state index in [1.165, 1.54) is 9.80 Å². The van der Waals surface area contributed by atoms with E-state index in [1.54, 1.807) is 12.3 Å². The first kappa shape index (κ1) is 19.1. The molecule has 1 unspecified atom stereocenters. The van der Waals surface area contributed by atoms with E-state index in [9.17, 15) is 19.2 Å². The van der Waals surface area contributed by atoms with Crippen LogP contribution in [-0.2, 0) is 16.1 Å². The highest BCUT2D eigenvalue weighted by atomic mass is 16.4. The molecule has 2 saturated heterocycles. The fourth-order valence-electron chi connectivity index (χ4n) is 4.16. The summed E-state index contributed by atoms with van der Waals surface area (Å²) in [5, 5.41) is 11.3. The highest BCUT2D eigenvalue weighted by Crippen LogP contribution is 2.30. The van der Waals surface area contributed by atoms with E-state index in [-0.39, 0.29) is 30.7 Å². The lowest BCUT2D eigenvalue weighted by atomic mass is 9.96. The molecule has 29 heavy (non-hydrogen) atoms. The molecule has 1 atom stereocenters. The van der Waals surface area contributed by atoms with Crippen molar-refractivity contribution in [2.24, 2.45) is 5.92 Å². The van der Waals surface area contributed by atoms with Crippen LogP contribution in [0.4, 0.5) is 4.79 Å². The van der Waals surface area contributed by atoms with Crippen molar-refractivity contribution in [3.8, 4) is 0 Å². The van der Waals surface area contributed by atoms with Crippen molar-refractivity contribution in [2.75, 3.05) is 13.1 Å². The van der Waals surface area contributed by atoms with Crippen LogP contribution < -0.4 is 5.32 Å². The van der Waals surface area contributed by atoms with Crippen LogP contribution in [0.15, 0.2) is 18.3 Å². The number of pyridine rings is 1. The Morgan fingerprint density at radius 3 is 2.66 bits per heavy atom. The molecule has 2 fully saturated rings. The number of aromatic nitrogens is 1. The van der Waals surface area contributed by atoms with Gasteiger partial charge in [0.2, 0.25) is 11.8 Å². The molecule has 0 saturated carbocycles. The Balaban J connectivity index is 1.48. The zero-order chi connectivity index (χ0) is 20.5. The standard InChI is InChI=1S/C20H22N4O5/c25-17-4-3-16(18(26)22-17)24-11-14-13(19(24)27)5-8-21-15(14)2-1-12-6-9-23(10-7-12)20(28)29/h1-2,5,8,12,16H,3-4,6-7,9-11H2,(H,28,29)(H,22,25,26). The molecule has 0 aliphatic carbocycles. The molecule has 152 valence electrons. The van der Waals surface area contributed by atoms with Gasteiger partial charge in [0.1, 0.15) is 6.04 Å². The maximum absolute atomic E-state index is 12.8. The molecule has 1 aromatic rings. The number of hydrogen-bond donors (Lipinski definition) is 2. The summed E-state index contributed by atoms with van der Waals surface area (Å²) < 4.78 is 0. The Kier molecular flexibility index (Phi) is 5.04. The van der Waals surface area contributed by atoms with Gasteiger partial charge in [0.05, 0.1) is 5.69 Å². The van der Waals surface area contributed by atoms with Crippen molar-refractivity contribution in [2.45, 2.75) is 38.3 Å². The van der Waals surface area contributed by atoms with Crippen LogP contribution in [0.1, 0.15) is 47.3 Å². The van der Waals surface area contributed by atoms with E-state index < -0.39 is 18.0 Å². The van der Waals surface area contributed by atoms with Crippen molar-refractivity contribution in [1.29, 1.82) is 0 Å². The number of allylic oxidation sites excluding steroid dienone is 1. The summed E-state index contributed by atoms with van der Waals surface area (Å²) in [7, 11) is 0. The van der Waals surface area contributed by atoms with E-state index in [0.29, 0.717) is 30.8 Å². The minimum Gasteiger partial charge on any atom is -0.465 e. The molecule has 4 rings (SSSR count). The Hall–Kier alpha value is -3.23. The normalized spacial score (nSPS) is 22.9. The predicted octanol–water partition coefficient (Wildman–Crippen LogP) is 1.25. The largest absolute Gasteiger partial charge is 0.465 e. The number of piperidine rings is 2. The number of rotatable bonds is 3. The number of fused-ring (bicyclic) bond motifs is 1. The predicted molar refractivity (Wildman–Crippen MR) is 102 cm³/mol. The smallest absolute Gasteiger partial charge is 0.407 e. The Morgan fingerprint density at radius 1 is 1.21 bits per heavy atom. The van der Waals surface area contributed by atoms with Crippen LogP contribution in [0.2, 0.25) is 0 Å². The molecule has 0 aromatic carbocycles. The van der Waals surface area contributed by atoms with Crippen LogP contribution in [0, 0.1) is 5.92 Å². The quantitative estimate of drug-likeness (QED) is 0.740. The summed E-state index contributed by atoms with van der Waals surface area (Å²) >= 11 is 0. The molecule has 3 aliphatic rings. The van der Waals surface area contributed by atoms with Crippen LogP contribution in [-0.4, -0.2) is 62.8 Å². The molecule has 3 aliphatic heterocycles. The van der Waals surface area contributed by atoms with E-state index in [2.05, 4.69) is 10.3 Å². The van der Waals surface area contributed by atoms with Crippen molar-refractivity contribution in [1.82, 2.24) is 20.1 Å². The van der Waals surface area contributed by atoms with Crippen LogP contribution >= 0.6 is 0 Å². The lowest BCUT2D eigenvalue weighted by Gasteiger charge is -2.29. The second kappa shape index (κ2) is 7.65. The minimum atomic E-state index is -0.887. The number of carbonyl (C=O) groups is 4. The highest BCUT2D eigenvalue weighted by molar-refractivity contribution is 6.05. The molecule has 0 bridgehead atoms. The summed E-state index contributed by atoms with van der Waals surface area (Å²) in [5.74, 6) is -0.708. The van der Waals surface area contributed by atoms with E-state index in [1.807, 2.05) is 12.2 Å². The monoisotopic (exact) mass is 398 g/mol. The van der Waals surface area contributed by atoms with Gasteiger partial charge in [0.15, 0.2) is 0 Å². The molecular weight excluding hydrogens is 376 g/mol. The van der Waals surface area contributed by atoms with Crippen molar-refractivity contribution in [3.63, 3.8) is 0 Å². The lowest BCUT2D eigenvalue weighted by Crippen LogP contribution is -2.52. The van der Waals surface area contributed by atoms with E-state index >= 15 is 0 Å². The molecule has 9 heteroatoms. The SMILES string of the molecule is O=C1CCC(N2Cc3c(ccnc3C=CC3CCN(C(=O)O)CC3)C2=O)C(=O)N1. The highest BCUT2D eigenvalue weighted by Gasteiger charge is 2.39. The van der Waals surface area contributed by atoms with Gasteiger partial charge in [-0.15, -0.1) is 0 Å². The maximum Gasteiger partial charge on any atom is 0.407 e. The number of carbonyl (C=O) groups excluding carboxylic acids is 3. The van der Waals surface area contributed by atoms with Gasteiger partial charge in [-0.2, -0.15) is 0 Å². The van der Waals surface area contributed by atoms with Gasteiger partial charge >= 0.3 is 6.09 Å². The first-order valence-corrected chi connectivity index (χ1v) is 9.72. The fraction of sp³-hybridized carbons (Fsp3) is 0.450. The zero-order valence-corrected chi connectivity index (χ0v) is 15.8. The third-order valence-corrected chi connectivity index (χ3v) is 5.83. The number of imide groups is 1. The summed E-state index contributed by atoms with van der Waals surface area (Å²) in [6.45, 7) is 1.30. The third-order valence-electron chi connectivity index (χ3n) is 5.83. The Labute approximate surface area is 167 Å². The second-order valence-electron chi connectivity index (χ2n) is 7.59. The number of nitrogens with one attached hydrogen (secondary N) is 1. The number of likely N-dealkylation sites (tertiary alicyclic amines) is 1. The van der Waals surface area contributed by atoms with Gasteiger partial charge < -0.3 is 14.9 Å². The van der Waals surface area contributed by atoms with Crippen LogP contribution in [0.25, 0.3) is 6.08 Å². The molecule has 9 nitrogen and oxygen atoms in total. The van der Waals surface area contributed by atoms with Gasteiger partial charge in [-0.25, -0.2) is 4.79 Å². The van der Waals surface area contributed by atoms with Gasteiger partial charge in [0, 0.05) is 43.4 Å². The molecule has 0 spiro atoms. The van der Waals surface area contributed by atoms with Crippen LogP contribution in [0.3, 0.4) is 0 Å². The summed E-state index contributed by atoms with van der Waals surface area (Å²) in [5.41, 5.74) is 2.00. The Morgan fingerprint density at radius 2 is 1.97 bits per heavy atom. The average molecular weight is 398 g/mol. The molecule has 0 radical (unpaired) electrons. The third kappa shape index (κ3) is 3.72. The van der Waals surface area contributed by atoms with Gasteiger partial charge in [-0.3, -0.25) is 24.7 Å². The van der Waals surface area contributed by atoms with Crippen molar-refractivity contribution >= 4 is 29.9 Å². The number of amides is 4. The summed E-state index contributed by atoms with van der Waals surface area (Å²) in [6.07, 6.45) is 6.65. The number of nitrogens with zero attached hydrogens (tertiary/aromatic N) is 3. The summed E-state index contributed by atoms with van der Waals surface area (Å²) in [4.78, 5) is 54.7. The van der Waals surface area contributed by atoms with Gasteiger partial charge in [-0.05, 0) is 37.3 Å². The topological polar surface area (TPSA) is 120 Å². The van der Waals surface area contributed by atoms with Gasteiger partial charge in [-0.1, -0.05) is 6.08 Å². The molecule has 2 N–H and O–H groups in total. The zero-order valence-electron chi connectivity index (χ0n) is 15.8. The summed E-state index contributed by atoms with van der Waals surface area (Å²) in [6, 6.07) is 1.01. The molecule has 4 heterocycles. The molecular formula is C20H22N4O5. The Bertz CT molecular complexity index is 904. The number of carboxylic acid groups (broad SMARTS) is 1. The molecule has 1 aromatic heterocycles. The average Bonchev–Trinajstić information content (AvgIpc) is 3.04. The van der Waals surface area contributed by atoms with Crippen LogP contribution in [0.5, 0.6) is 0 Å². The number of hydrogen-bond acceptors (Lipinski definition) is 5. The van der Waals surface area contributed by atoms with E-state index in [0.717, 1.165) is 18.4 Å². The minimum absolute atomic E-state index is 0.219. The lowest BCUT2D eigenvalue weighted by molar-refractivity contribution is -0.136. The second-order valence-corrected chi connectivity index (χ2v) is 7.59. The first-order chi connectivity index (χ1) is 13.9. The maximum atomic E-state index is 12.8. The van der Waals surface area contributed by atoms with Gasteiger partial charge in [0.25, 0.3) is 5.91 Å². The molecule has 4 amide bonds. The van der Waals surface area contributed by atoms with Crippen molar-refractivity contribution in [3.05, 3.63) is 35.2 Å². The van der Waals surface area contributed by atoms with Crippen molar-refractivity contribution < 1.29 is 24.3 Å².